The van der Waals surface area contributed by atoms with E-state index < -0.39 is 0 Å². The minimum atomic E-state index is -0.328. The van der Waals surface area contributed by atoms with Gasteiger partial charge in [-0.2, -0.15) is 0 Å². The van der Waals surface area contributed by atoms with Gasteiger partial charge in [0, 0.05) is 19.8 Å². The monoisotopic (exact) mass is 241 g/mol. The van der Waals surface area contributed by atoms with Crippen molar-refractivity contribution in [1.82, 2.24) is 5.32 Å². The van der Waals surface area contributed by atoms with E-state index in [1.807, 2.05) is 13.0 Å². The van der Waals surface area contributed by atoms with Crippen LogP contribution < -0.4 is 10.1 Å². The first-order valence-electron chi connectivity index (χ1n) is 5.78. The predicted molar refractivity (Wildman–Crippen MR) is 65.9 cm³/mol. The molecule has 0 saturated heterocycles. The van der Waals surface area contributed by atoms with Crippen LogP contribution in [0.25, 0.3) is 0 Å². The third-order valence-electron chi connectivity index (χ3n) is 2.64. The Morgan fingerprint density at radius 2 is 2.12 bits per heavy atom. The second-order valence-electron chi connectivity index (χ2n) is 3.79. The summed E-state index contributed by atoms with van der Waals surface area (Å²) in [4.78, 5) is 0. The maximum Gasteiger partial charge on any atom is 0.165 e. The molecule has 0 bridgehead atoms. The number of nitrogens with one attached hydrogen (secondary N) is 1. The minimum absolute atomic E-state index is 0.111. The summed E-state index contributed by atoms with van der Waals surface area (Å²) >= 11 is 0. The zero-order valence-corrected chi connectivity index (χ0v) is 10.6. The van der Waals surface area contributed by atoms with E-state index in [1.54, 1.807) is 13.2 Å². The van der Waals surface area contributed by atoms with E-state index in [1.165, 1.54) is 13.2 Å². The van der Waals surface area contributed by atoms with E-state index in [-0.39, 0.29) is 17.6 Å². The van der Waals surface area contributed by atoms with Crippen LogP contribution >= 0.6 is 0 Å². The van der Waals surface area contributed by atoms with Crippen LogP contribution in [0.4, 0.5) is 4.39 Å². The van der Waals surface area contributed by atoms with Crippen LogP contribution in [0, 0.1) is 5.82 Å². The Bertz CT molecular complexity index is 344. The molecule has 0 amide bonds. The Morgan fingerprint density at radius 1 is 1.35 bits per heavy atom. The number of hydrogen-bond donors (Lipinski definition) is 1. The first kappa shape index (κ1) is 13.9. The molecule has 3 nitrogen and oxygen atoms in total. The van der Waals surface area contributed by atoms with Crippen LogP contribution in [0.1, 0.15) is 24.9 Å². The fourth-order valence-electron chi connectivity index (χ4n) is 1.77. The smallest absolute Gasteiger partial charge is 0.165 e. The SMILES string of the molecule is CCNC(CCOC)c1ccc(OC)c(F)c1. The summed E-state index contributed by atoms with van der Waals surface area (Å²) in [5, 5.41) is 3.31. The molecular formula is C13H20FNO2. The molecule has 1 N–H and O–H groups in total. The van der Waals surface area contributed by atoms with Gasteiger partial charge in [0.15, 0.2) is 11.6 Å². The van der Waals surface area contributed by atoms with Crippen molar-refractivity contribution in [2.24, 2.45) is 0 Å². The molecular weight excluding hydrogens is 221 g/mol. The topological polar surface area (TPSA) is 30.5 Å². The molecule has 4 heteroatoms. The molecule has 0 aromatic heterocycles. The maximum atomic E-state index is 13.6. The highest BCUT2D eigenvalue weighted by atomic mass is 19.1. The van der Waals surface area contributed by atoms with Crippen LogP contribution in [0.2, 0.25) is 0 Å². The summed E-state index contributed by atoms with van der Waals surface area (Å²) in [5.74, 6) is -0.0546. The number of hydrogen-bond acceptors (Lipinski definition) is 3. The van der Waals surface area contributed by atoms with Crippen molar-refractivity contribution in [3.8, 4) is 5.75 Å². The van der Waals surface area contributed by atoms with Crippen molar-refractivity contribution in [3.05, 3.63) is 29.6 Å². The average molecular weight is 241 g/mol. The molecule has 1 aromatic rings. The molecule has 1 unspecified atom stereocenters. The largest absolute Gasteiger partial charge is 0.494 e. The average Bonchev–Trinajstić information content (AvgIpc) is 2.34. The van der Waals surface area contributed by atoms with E-state index in [2.05, 4.69) is 5.32 Å². The quantitative estimate of drug-likeness (QED) is 0.795. The van der Waals surface area contributed by atoms with Crippen LogP contribution in [0.3, 0.4) is 0 Å². The predicted octanol–water partition coefficient (Wildman–Crippen LogP) is 2.52. The maximum absolute atomic E-state index is 13.6. The second-order valence-corrected chi connectivity index (χ2v) is 3.79. The van der Waals surface area contributed by atoms with E-state index >= 15 is 0 Å². The van der Waals surface area contributed by atoms with Crippen LogP contribution in [0.15, 0.2) is 18.2 Å². The van der Waals surface area contributed by atoms with Crippen LogP contribution in [-0.2, 0) is 4.74 Å². The molecule has 0 radical (unpaired) electrons. The second kappa shape index (κ2) is 7.25. The summed E-state index contributed by atoms with van der Waals surface area (Å²) in [7, 11) is 3.13. The Kier molecular flexibility index (Phi) is 5.94. The molecule has 0 aliphatic carbocycles. The fourth-order valence-corrected chi connectivity index (χ4v) is 1.77. The molecule has 0 saturated carbocycles. The lowest BCUT2D eigenvalue weighted by Crippen LogP contribution is -2.22. The summed E-state index contributed by atoms with van der Waals surface area (Å²) < 4.78 is 23.5. The first-order chi connectivity index (χ1) is 8.22. The molecule has 0 aliphatic heterocycles. The highest BCUT2D eigenvalue weighted by molar-refractivity contribution is 5.31. The van der Waals surface area contributed by atoms with Gasteiger partial charge in [0.1, 0.15) is 0 Å². The van der Waals surface area contributed by atoms with Crippen molar-refractivity contribution in [2.75, 3.05) is 27.4 Å². The Morgan fingerprint density at radius 3 is 2.65 bits per heavy atom. The molecule has 1 rings (SSSR count). The lowest BCUT2D eigenvalue weighted by atomic mass is 10.0. The van der Waals surface area contributed by atoms with Gasteiger partial charge in [-0.05, 0) is 30.7 Å². The molecule has 0 heterocycles. The summed E-state index contributed by atoms with van der Waals surface area (Å²) in [6.07, 6.45) is 0.816. The zero-order valence-electron chi connectivity index (χ0n) is 10.6. The van der Waals surface area contributed by atoms with Gasteiger partial charge in [-0.3, -0.25) is 0 Å². The standard InChI is InChI=1S/C13H20FNO2/c1-4-15-12(7-8-16-2)10-5-6-13(17-3)11(14)9-10/h5-6,9,12,15H,4,7-8H2,1-3H3. The van der Waals surface area contributed by atoms with E-state index in [0.717, 1.165) is 18.5 Å². The van der Waals surface area contributed by atoms with Crippen molar-refractivity contribution >= 4 is 0 Å². The summed E-state index contributed by atoms with van der Waals surface area (Å²) in [6.45, 7) is 3.51. The highest BCUT2D eigenvalue weighted by Gasteiger charge is 2.12. The summed E-state index contributed by atoms with van der Waals surface area (Å²) in [6, 6.07) is 5.16. The van der Waals surface area contributed by atoms with Gasteiger partial charge in [0.25, 0.3) is 0 Å². The van der Waals surface area contributed by atoms with Gasteiger partial charge in [0.05, 0.1) is 7.11 Å². The van der Waals surface area contributed by atoms with Gasteiger partial charge < -0.3 is 14.8 Å². The molecule has 17 heavy (non-hydrogen) atoms. The molecule has 1 atom stereocenters. The van der Waals surface area contributed by atoms with Gasteiger partial charge in [0.2, 0.25) is 0 Å². The molecule has 0 spiro atoms. The lowest BCUT2D eigenvalue weighted by molar-refractivity contribution is 0.183. The number of ether oxygens (including phenoxy) is 2. The normalized spacial score (nSPS) is 12.5. The number of rotatable bonds is 7. The van der Waals surface area contributed by atoms with Crippen molar-refractivity contribution < 1.29 is 13.9 Å². The number of halogens is 1. The molecule has 0 fully saturated rings. The van der Waals surface area contributed by atoms with E-state index in [9.17, 15) is 4.39 Å². The summed E-state index contributed by atoms with van der Waals surface area (Å²) in [5.41, 5.74) is 0.919. The Hall–Kier alpha value is -1.13. The molecule has 0 aliphatic rings. The molecule has 1 aromatic carbocycles. The van der Waals surface area contributed by atoms with Crippen molar-refractivity contribution in [2.45, 2.75) is 19.4 Å². The highest BCUT2D eigenvalue weighted by Crippen LogP contribution is 2.23. The molecule has 96 valence electrons. The van der Waals surface area contributed by atoms with E-state index in [0.29, 0.717) is 6.61 Å². The van der Waals surface area contributed by atoms with Crippen LogP contribution in [0.5, 0.6) is 5.75 Å². The van der Waals surface area contributed by atoms with Gasteiger partial charge in [-0.15, -0.1) is 0 Å². The van der Waals surface area contributed by atoms with Crippen molar-refractivity contribution in [3.63, 3.8) is 0 Å². The van der Waals surface area contributed by atoms with Gasteiger partial charge in [-0.1, -0.05) is 13.0 Å². The third kappa shape index (κ3) is 3.98. The number of methoxy groups -OCH3 is 2. The Labute approximate surface area is 102 Å². The van der Waals surface area contributed by atoms with E-state index in [4.69, 9.17) is 9.47 Å². The first-order valence-corrected chi connectivity index (χ1v) is 5.78. The van der Waals surface area contributed by atoms with Gasteiger partial charge >= 0.3 is 0 Å². The zero-order chi connectivity index (χ0) is 12.7. The minimum Gasteiger partial charge on any atom is -0.494 e. The van der Waals surface area contributed by atoms with Crippen molar-refractivity contribution in [1.29, 1.82) is 0 Å². The number of benzene rings is 1. The lowest BCUT2D eigenvalue weighted by Gasteiger charge is -2.18. The van der Waals surface area contributed by atoms with Crippen LogP contribution in [-0.4, -0.2) is 27.4 Å². The Balaban J connectivity index is 2.82. The fraction of sp³-hybridized carbons (Fsp3) is 0.538. The third-order valence-corrected chi connectivity index (χ3v) is 2.64. The van der Waals surface area contributed by atoms with Gasteiger partial charge in [-0.25, -0.2) is 4.39 Å².